The molecule has 0 aliphatic carbocycles. The summed E-state index contributed by atoms with van der Waals surface area (Å²) in [5.74, 6) is 0.590. The third-order valence-corrected chi connectivity index (χ3v) is 1.02. The summed E-state index contributed by atoms with van der Waals surface area (Å²) in [4.78, 5) is 4.18. The molecule has 0 aromatic rings. The van der Waals surface area contributed by atoms with E-state index >= 15 is 0 Å². The zero-order valence-electron chi connectivity index (χ0n) is 8.26. The second-order valence-electron chi connectivity index (χ2n) is 4.23. The van der Waals surface area contributed by atoms with Gasteiger partial charge in [0, 0.05) is 12.4 Å². The first-order chi connectivity index (χ1) is 4.92. The standard InChI is InChI=1S/C10H19N/c1-9(2)6-7-11-8-10(3,4)5/h6-9H,1-5H3/b7-6-,11-8?. The van der Waals surface area contributed by atoms with Crippen LogP contribution in [0.2, 0.25) is 0 Å². The molecule has 0 atom stereocenters. The minimum atomic E-state index is 0.196. The summed E-state index contributed by atoms with van der Waals surface area (Å²) in [5, 5.41) is 0. The van der Waals surface area contributed by atoms with Gasteiger partial charge in [-0.1, -0.05) is 40.7 Å². The van der Waals surface area contributed by atoms with Crippen LogP contribution in [0.5, 0.6) is 0 Å². The number of hydrogen-bond donors (Lipinski definition) is 0. The number of hydrogen-bond acceptors (Lipinski definition) is 1. The van der Waals surface area contributed by atoms with Gasteiger partial charge in [0.2, 0.25) is 0 Å². The maximum Gasteiger partial charge on any atom is 0.0226 e. The highest BCUT2D eigenvalue weighted by Gasteiger charge is 2.03. The van der Waals surface area contributed by atoms with E-state index in [1.165, 1.54) is 0 Å². The molecule has 11 heavy (non-hydrogen) atoms. The Morgan fingerprint density at radius 3 is 2.09 bits per heavy atom. The van der Waals surface area contributed by atoms with Crippen LogP contribution in [0.1, 0.15) is 34.6 Å². The Hall–Kier alpha value is -0.590. The van der Waals surface area contributed by atoms with Crippen molar-refractivity contribution < 1.29 is 0 Å². The fourth-order valence-electron chi connectivity index (χ4n) is 0.488. The van der Waals surface area contributed by atoms with Crippen LogP contribution in [0.3, 0.4) is 0 Å². The Bertz CT molecular complexity index is 147. The van der Waals surface area contributed by atoms with Crippen LogP contribution >= 0.6 is 0 Å². The van der Waals surface area contributed by atoms with Crippen LogP contribution in [0.15, 0.2) is 17.3 Å². The van der Waals surface area contributed by atoms with Crippen LogP contribution in [0.25, 0.3) is 0 Å². The summed E-state index contributed by atoms with van der Waals surface area (Å²) in [7, 11) is 0. The van der Waals surface area contributed by atoms with E-state index in [9.17, 15) is 0 Å². The molecule has 64 valence electrons. The molecule has 0 bridgehead atoms. The molecule has 0 aromatic carbocycles. The quantitative estimate of drug-likeness (QED) is 0.540. The largest absolute Gasteiger partial charge is 0.269 e. The lowest BCUT2D eigenvalue weighted by Gasteiger charge is -2.08. The van der Waals surface area contributed by atoms with Crippen LogP contribution in [0.4, 0.5) is 0 Å². The van der Waals surface area contributed by atoms with E-state index in [2.05, 4.69) is 45.7 Å². The van der Waals surface area contributed by atoms with E-state index in [0.717, 1.165) is 0 Å². The average molecular weight is 153 g/mol. The Labute approximate surface area is 70.2 Å². The first kappa shape index (κ1) is 10.4. The van der Waals surface area contributed by atoms with Gasteiger partial charge in [0.1, 0.15) is 0 Å². The van der Waals surface area contributed by atoms with Crippen LogP contribution in [-0.2, 0) is 0 Å². The van der Waals surface area contributed by atoms with Gasteiger partial charge in [0.25, 0.3) is 0 Å². The molecule has 0 rings (SSSR count). The maximum absolute atomic E-state index is 4.18. The Kier molecular flexibility index (Phi) is 4.09. The molecule has 1 nitrogen and oxygen atoms in total. The Morgan fingerprint density at radius 2 is 1.73 bits per heavy atom. The van der Waals surface area contributed by atoms with Crippen molar-refractivity contribution in [1.82, 2.24) is 0 Å². The SMILES string of the molecule is CC(C)/C=C\N=CC(C)(C)C. The summed E-state index contributed by atoms with van der Waals surface area (Å²) in [6.07, 6.45) is 5.92. The highest BCUT2D eigenvalue weighted by Crippen LogP contribution is 2.08. The third kappa shape index (κ3) is 9.41. The monoisotopic (exact) mass is 153 g/mol. The molecule has 0 fully saturated rings. The minimum absolute atomic E-state index is 0.196. The molecule has 0 aliphatic rings. The van der Waals surface area contributed by atoms with Crippen molar-refractivity contribution in [1.29, 1.82) is 0 Å². The van der Waals surface area contributed by atoms with Crippen LogP contribution in [-0.4, -0.2) is 6.21 Å². The summed E-state index contributed by atoms with van der Waals surface area (Å²) in [6.45, 7) is 10.7. The zero-order chi connectivity index (χ0) is 8.91. The van der Waals surface area contributed by atoms with Crippen molar-refractivity contribution in [2.75, 3.05) is 0 Å². The number of allylic oxidation sites excluding steroid dienone is 1. The fourth-order valence-corrected chi connectivity index (χ4v) is 0.488. The summed E-state index contributed by atoms with van der Waals surface area (Å²) in [5.41, 5.74) is 0.196. The van der Waals surface area contributed by atoms with Crippen molar-refractivity contribution in [2.45, 2.75) is 34.6 Å². The van der Waals surface area contributed by atoms with Gasteiger partial charge in [-0.05, 0) is 11.3 Å². The molecule has 1 heteroatoms. The molecule has 0 radical (unpaired) electrons. The van der Waals surface area contributed by atoms with E-state index < -0.39 is 0 Å². The van der Waals surface area contributed by atoms with Gasteiger partial charge in [0.15, 0.2) is 0 Å². The van der Waals surface area contributed by atoms with Crippen molar-refractivity contribution in [2.24, 2.45) is 16.3 Å². The minimum Gasteiger partial charge on any atom is -0.269 e. The van der Waals surface area contributed by atoms with Gasteiger partial charge in [-0.15, -0.1) is 0 Å². The summed E-state index contributed by atoms with van der Waals surface area (Å²) < 4.78 is 0. The van der Waals surface area contributed by atoms with Gasteiger partial charge < -0.3 is 0 Å². The first-order valence-electron chi connectivity index (χ1n) is 4.13. The second-order valence-corrected chi connectivity index (χ2v) is 4.23. The van der Waals surface area contributed by atoms with Crippen molar-refractivity contribution in [3.63, 3.8) is 0 Å². The van der Waals surface area contributed by atoms with Gasteiger partial charge in [-0.25, -0.2) is 0 Å². The molecule has 0 N–H and O–H groups in total. The van der Waals surface area contributed by atoms with Crippen molar-refractivity contribution in [3.05, 3.63) is 12.3 Å². The van der Waals surface area contributed by atoms with Gasteiger partial charge in [0.05, 0.1) is 0 Å². The normalized spacial score (nSPS) is 14.0. The zero-order valence-corrected chi connectivity index (χ0v) is 8.26. The van der Waals surface area contributed by atoms with E-state index in [1.807, 2.05) is 12.4 Å². The predicted octanol–water partition coefficient (Wildman–Crippen LogP) is 3.27. The molecular weight excluding hydrogens is 134 g/mol. The highest BCUT2D eigenvalue weighted by molar-refractivity contribution is 5.64. The molecule has 0 aromatic heterocycles. The lowest BCUT2D eigenvalue weighted by atomic mass is 9.99. The maximum atomic E-state index is 4.18. The van der Waals surface area contributed by atoms with Gasteiger partial charge in [-0.2, -0.15) is 0 Å². The second kappa shape index (κ2) is 4.32. The molecule has 0 saturated heterocycles. The van der Waals surface area contributed by atoms with E-state index in [1.54, 1.807) is 0 Å². The average Bonchev–Trinajstić information content (AvgIpc) is 1.78. The molecule has 0 saturated carbocycles. The highest BCUT2D eigenvalue weighted by atomic mass is 14.7. The number of nitrogens with zero attached hydrogens (tertiary/aromatic N) is 1. The predicted molar refractivity (Wildman–Crippen MR) is 51.9 cm³/mol. The van der Waals surface area contributed by atoms with Crippen LogP contribution in [0, 0.1) is 11.3 Å². The molecular formula is C10H19N. The van der Waals surface area contributed by atoms with Gasteiger partial charge >= 0.3 is 0 Å². The fraction of sp³-hybridized carbons (Fsp3) is 0.700. The van der Waals surface area contributed by atoms with Crippen molar-refractivity contribution in [3.8, 4) is 0 Å². The molecule has 0 spiro atoms. The summed E-state index contributed by atoms with van der Waals surface area (Å²) in [6, 6.07) is 0. The first-order valence-corrected chi connectivity index (χ1v) is 4.13. The van der Waals surface area contributed by atoms with E-state index in [0.29, 0.717) is 5.92 Å². The van der Waals surface area contributed by atoms with E-state index in [4.69, 9.17) is 0 Å². The van der Waals surface area contributed by atoms with E-state index in [-0.39, 0.29) is 5.41 Å². The molecule has 0 aliphatic heterocycles. The summed E-state index contributed by atoms with van der Waals surface area (Å²) >= 11 is 0. The number of rotatable bonds is 2. The molecule has 0 unspecified atom stereocenters. The topological polar surface area (TPSA) is 12.4 Å². The lowest BCUT2D eigenvalue weighted by Crippen LogP contribution is -2.05. The lowest BCUT2D eigenvalue weighted by molar-refractivity contribution is 0.607. The number of aliphatic imine (C=N–C) groups is 1. The van der Waals surface area contributed by atoms with Crippen molar-refractivity contribution >= 4 is 6.21 Å². The Morgan fingerprint density at radius 1 is 1.18 bits per heavy atom. The molecule has 0 amide bonds. The molecule has 0 heterocycles. The van der Waals surface area contributed by atoms with Gasteiger partial charge in [-0.3, -0.25) is 4.99 Å². The van der Waals surface area contributed by atoms with Crippen LogP contribution < -0.4 is 0 Å². The third-order valence-electron chi connectivity index (χ3n) is 1.02. The Balaban J connectivity index is 3.78. The smallest absolute Gasteiger partial charge is 0.0226 e.